The molecule has 0 bridgehead atoms. The maximum Gasteiger partial charge on any atom is 0.269 e. The van der Waals surface area contributed by atoms with Crippen molar-refractivity contribution in [1.82, 2.24) is 4.90 Å². The number of piperazine rings is 1. The van der Waals surface area contributed by atoms with Gasteiger partial charge in [-0.1, -0.05) is 12.1 Å². The number of nitro groups is 1. The first-order chi connectivity index (χ1) is 13.1. The van der Waals surface area contributed by atoms with Gasteiger partial charge in [0.2, 0.25) is 5.91 Å². The average Bonchev–Trinajstić information content (AvgIpc) is 2.72. The van der Waals surface area contributed by atoms with Crippen LogP contribution in [0.3, 0.4) is 0 Å². The Morgan fingerprint density at radius 2 is 1.67 bits per heavy atom. The van der Waals surface area contributed by atoms with E-state index in [9.17, 15) is 14.9 Å². The number of hydrogen-bond donors (Lipinski definition) is 0. The summed E-state index contributed by atoms with van der Waals surface area (Å²) >= 11 is 0. The van der Waals surface area contributed by atoms with Gasteiger partial charge in [-0.3, -0.25) is 14.9 Å². The number of benzene rings is 2. The van der Waals surface area contributed by atoms with Crippen LogP contribution in [0.5, 0.6) is 0 Å². The van der Waals surface area contributed by atoms with Crippen LogP contribution in [-0.2, 0) is 11.2 Å². The number of nitro benzene ring substituents is 1. The van der Waals surface area contributed by atoms with E-state index in [1.807, 2.05) is 17.0 Å². The van der Waals surface area contributed by atoms with Crippen molar-refractivity contribution in [3.8, 4) is 6.07 Å². The Bertz CT molecular complexity index is 848. The van der Waals surface area contributed by atoms with Crippen LogP contribution < -0.4 is 4.90 Å². The fourth-order valence-electron chi connectivity index (χ4n) is 3.15. The van der Waals surface area contributed by atoms with E-state index in [1.54, 1.807) is 24.3 Å². The molecule has 1 aliphatic rings. The molecule has 1 saturated heterocycles. The Kier molecular flexibility index (Phi) is 5.67. The predicted octanol–water partition coefficient (Wildman–Crippen LogP) is 2.75. The van der Waals surface area contributed by atoms with E-state index >= 15 is 0 Å². The van der Waals surface area contributed by atoms with Gasteiger partial charge in [0.05, 0.1) is 16.6 Å². The summed E-state index contributed by atoms with van der Waals surface area (Å²) < 4.78 is 0. The quantitative estimate of drug-likeness (QED) is 0.601. The summed E-state index contributed by atoms with van der Waals surface area (Å²) in [5, 5.41) is 19.5. The van der Waals surface area contributed by atoms with Crippen molar-refractivity contribution < 1.29 is 9.72 Å². The van der Waals surface area contributed by atoms with E-state index in [1.165, 1.54) is 12.1 Å². The molecule has 0 atom stereocenters. The number of hydrogen-bond acceptors (Lipinski definition) is 5. The second-order valence-corrected chi connectivity index (χ2v) is 6.45. The van der Waals surface area contributed by atoms with Gasteiger partial charge in [0, 0.05) is 50.4 Å². The van der Waals surface area contributed by atoms with Gasteiger partial charge in [-0.2, -0.15) is 5.26 Å². The number of nitrogens with zero attached hydrogens (tertiary/aromatic N) is 4. The summed E-state index contributed by atoms with van der Waals surface area (Å²) in [6.45, 7) is 2.70. The lowest BCUT2D eigenvalue weighted by Crippen LogP contribution is -2.48. The Hall–Kier alpha value is -3.40. The largest absolute Gasteiger partial charge is 0.368 e. The van der Waals surface area contributed by atoms with E-state index in [-0.39, 0.29) is 11.6 Å². The molecule has 0 spiro atoms. The van der Waals surface area contributed by atoms with Crippen molar-refractivity contribution in [3.63, 3.8) is 0 Å². The molecule has 1 aliphatic heterocycles. The number of nitriles is 1. The van der Waals surface area contributed by atoms with Gasteiger partial charge < -0.3 is 9.80 Å². The molecule has 1 fully saturated rings. The van der Waals surface area contributed by atoms with Crippen LogP contribution in [0.25, 0.3) is 0 Å². The lowest BCUT2D eigenvalue weighted by Gasteiger charge is -2.36. The number of carbonyl (C=O) groups excluding carboxylic acids is 1. The third kappa shape index (κ3) is 4.61. The summed E-state index contributed by atoms with van der Waals surface area (Å²) in [6.07, 6.45) is 1.11. The van der Waals surface area contributed by atoms with Crippen molar-refractivity contribution in [2.75, 3.05) is 31.1 Å². The first kappa shape index (κ1) is 18.4. The summed E-state index contributed by atoms with van der Waals surface area (Å²) in [7, 11) is 0. The molecule has 2 aromatic rings. The molecule has 0 radical (unpaired) electrons. The molecule has 0 saturated carbocycles. The zero-order valence-corrected chi connectivity index (χ0v) is 14.9. The highest BCUT2D eigenvalue weighted by Gasteiger charge is 2.21. The molecule has 7 nitrogen and oxygen atoms in total. The van der Waals surface area contributed by atoms with Gasteiger partial charge >= 0.3 is 0 Å². The van der Waals surface area contributed by atoms with Gasteiger partial charge in [0.15, 0.2) is 0 Å². The fourth-order valence-corrected chi connectivity index (χ4v) is 3.15. The summed E-state index contributed by atoms with van der Waals surface area (Å²) in [6, 6.07) is 15.9. The Morgan fingerprint density at radius 3 is 2.22 bits per heavy atom. The molecular formula is C20H20N4O3. The summed E-state index contributed by atoms with van der Waals surface area (Å²) in [5.74, 6) is 0.128. The van der Waals surface area contributed by atoms with Crippen molar-refractivity contribution in [2.45, 2.75) is 12.8 Å². The van der Waals surface area contributed by atoms with Crippen LogP contribution in [0, 0.1) is 21.4 Å². The molecule has 7 heteroatoms. The van der Waals surface area contributed by atoms with E-state index in [2.05, 4.69) is 11.0 Å². The normalized spacial score (nSPS) is 13.9. The van der Waals surface area contributed by atoms with Crippen molar-refractivity contribution >= 4 is 17.3 Å². The van der Waals surface area contributed by atoms with Crippen LogP contribution in [0.4, 0.5) is 11.4 Å². The number of anilines is 1. The highest BCUT2D eigenvalue weighted by atomic mass is 16.6. The summed E-state index contributed by atoms with van der Waals surface area (Å²) in [4.78, 5) is 26.8. The van der Waals surface area contributed by atoms with Crippen LogP contribution in [-0.4, -0.2) is 41.9 Å². The third-order valence-electron chi connectivity index (χ3n) is 4.77. The van der Waals surface area contributed by atoms with Crippen LogP contribution >= 0.6 is 0 Å². The maximum atomic E-state index is 12.4. The number of rotatable bonds is 5. The molecular weight excluding hydrogens is 344 g/mol. The SMILES string of the molecule is N#Cc1ccc(CCC(=O)N2CCN(c3ccc([N+](=O)[O-])cc3)CC2)cc1. The molecule has 0 unspecified atom stereocenters. The number of carbonyl (C=O) groups is 1. The standard InChI is InChI=1S/C20H20N4O3/c21-15-17-3-1-16(2-4-17)5-10-20(25)23-13-11-22(12-14-23)18-6-8-19(9-7-18)24(26)27/h1-4,6-9H,5,10-14H2. The first-order valence-electron chi connectivity index (χ1n) is 8.83. The Labute approximate surface area is 157 Å². The molecule has 0 N–H and O–H groups in total. The van der Waals surface area contributed by atoms with Gasteiger partial charge in [0.25, 0.3) is 5.69 Å². The maximum absolute atomic E-state index is 12.4. The topological polar surface area (TPSA) is 90.5 Å². The van der Waals surface area contributed by atoms with Crippen molar-refractivity contribution in [3.05, 3.63) is 69.8 Å². The molecule has 0 aromatic heterocycles. The van der Waals surface area contributed by atoms with Crippen molar-refractivity contribution in [1.29, 1.82) is 5.26 Å². The zero-order valence-electron chi connectivity index (χ0n) is 14.9. The Balaban J connectivity index is 1.48. The average molecular weight is 364 g/mol. The van der Waals surface area contributed by atoms with Gasteiger partial charge in [-0.25, -0.2) is 0 Å². The molecule has 3 rings (SSSR count). The minimum Gasteiger partial charge on any atom is -0.368 e. The minimum absolute atomic E-state index is 0.0790. The lowest BCUT2D eigenvalue weighted by atomic mass is 10.1. The van der Waals surface area contributed by atoms with E-state index < -0.39 is 4.92 Å². The minimum atomic E-state index is -0.408. The second kappa shape index (κ2) is 8.32. The monoisotopic (exact) mass is 364 g/mol. The fraction of sp³-hybridized carbons (Fsp3) is 0.300. The summed E-state index contributed by atoms with van der Waals surface area (Å²) in [5.41, 5.74) is 2.68. The van der Waals surface area contributed by atoms with E-state index in [0.29, 0.717) is 44.6 Å². The molecule has 27 heavy (non-hydrogen) atoms. The first-order valence-corrected chi connectivity index (χ1v) is 8.83. The van der Waals surface area contributed by atoms with Gasteiger partial charge in [-0.05, 0) is 36.2 Å². The van der Waals surface area contributed by atoms with E-state index in [4.69, 9.17) is 5.26 Å². The van der Waals surface area contributed by atoms with Gasteiger partial charge in [-0.15, -0.1) is 0 Å². The van der Waals surface area contributed by atoms with Gasteiger partial charge in [0.1, 0.15) is 0 Å². The second-order valence-electron chi connectivity index (χ2n) is 6.45. The predicted molar refractivity (Wildman–Crippen MR) is 101 cm³/mol. The molecule has 0 aliphatic carbocycles. The molecule has 1 amide bonds. The van der Waals surface area contributed by atoms with Crippen LogP contribution in [0.15, 0.2) is 48.5 Å². The van der Waals surface area contributed by atoms with E-state index in [0.717, 1.165) is 11.3 Å². The number of amides is 1. The molecule has 138 valence electrons. The number of aryl methyl sites for hydroxylation is 1. The van der Waals surface area contributed by atoms with Crippen LogP contribution in [0.2, 0.25) is 0 Å². The highest BCUT2D eigenvalue weighted by Crippen LogP contribution is 2.21. The molecule has 1 heterocycles. The smallest absolute Gasteiger partial charge is 0.269 e. The molecule has 2 aromatic carbocycles. The highest BCUT2D eigenvalue weighted by molar-refractivity contribution is 5.76. The lowest BCUT2D eigenvalue weighted by molar-refractivity contribution is -0.384. The van der Waals surface area contributed by atoms with Crippen molar-refractivity contribution in [2.24, 2.45) is 0 Å². The Morgan fingerprint density at radius 1 is 1.04 bits per heavy atom. The van der Waals surface area contributed by atoms with Crippen LogP contribution in [0.1, 0.15) is 17.5 Å². The third-order valence-corrected chi connectivity index (χ3v) is 4.77. The zero-order chi connectivity index (χ0) is 19.2. The number of non-ortho nitro benzene ring substituents is 1.